The van der Waals surface area contributed by atoms with Gasteiger partial charge in [0.25, 0.3) is 0 Å². The average molecular weight is 495 g/mol. The lowest BCUT2D eigenvalue weighted by Gasteiger charge is -2.11. The number of ether oxygens (including phenoxy) is 1. The van der Waals surface area contributed by atoms with Crippen LogP contribution in [0.25, 0.3) is 10.9 Å². The van der Waals surface area contributed by atoms with E-state index in [0.29, 0.717) is 22.1 Å². The highest BCUT2D eigenvalue weighted by molar-refractivity contribution is 9.10. The third-order valence-corrected chi connectivity index (χ3v) is 4.59. The number of carboxylic acid groups (broad SMARTS) is 1. The number of nitrogens with zero attached hydrogens (tertiary/aromatic N) is 2. The molecule has 2 aromatic carbocycles. The van der Waals surface area contributed by atoms with Crippen molar-refractivity contribution in [3.8, 4) is 11.5 Å². The van der Waals surface area contributed by atoms with E-state index >= 15 is 0 Å². The van der Waals surface area contributed by atoms with Gasteiger partial charge in [0, 0.05) is 21.6 Å². The number of aliphatic carboxylic acids is 1. The summed E-state index contributed by atoms with van der Waals surface area (Å²) < 4.78 is 37.7. The number of halogens is 5. The Morgan fingerprint density at radius 2 is 1.90 bits per heavy atom. The smallest absolute Gasteiger partial charge is 0.490 e. The van der Waals surface area contributed by atoms with Gasteiger partial charge in [-0.05, 0) is 40.2 Å². The molecule has 0 fully saturated rings. The maximum absolute atomic E-state index is 10.6. The summed E-state index contributed by atoms with van der Waals surface area (Å²) in [4.78, 5) is 17.3. The van der Waals surface area contributed by atoms with Gasteiger partial charge in [-0.3, -0.25) is 0 Å². The summed E-state index contributed by atoms with van der Waals surface area (Å²) >= 11 is 9.45. The second kappa shape index (κ2) is 9.14. The summed E-state index contributed by atoms with van der Waals surface area (Å²) in [5.74, 6) is -1.76. The van der Waals surface area contributed by atoms with Crippen LogP contribution in [0.15, 0.2) is 41.1 Å². The first kappa shape index (κ1) is 22.5. The number of phenolic OH excluding ortho intramolecular Hbond substituents is 1. The summed E-state index contributed by atoms with van der Waals surface area (Å²) in [5.41, 5.74) is 1.40. The third-order valence-electron chi connectivity index (χ3n) is 3.36. The quantitative estimate of drug-likeness (QED) is 0.463. The largest absolute Gasteiger partial charge is 0.504 e. The number of phenols is 1. The van der Waals surface area contributed by atoms with Crippen molar-refractivity contribution >= 4 is 55.9 Å². The van der Waals surface area contributed by atoms with Gasteiger partial charge in [0.05, 0.1) is 17.6 Å². The molecule has 0 radical (unpaired) electrons. The predicted molar refractivity (Wildman–Crippen MR) is 104 cm³/mol. The average Bonchev–Trinajstić information content (AvgIpc) is 2.64. The van der Waals surface area contributed by atoms with Gasteiger partial charge in [-0.25, -0.2) is 14.8 Å². The minimum atomic E-state index is -5.08. The van der Waals surface area contributed by atoms with Gasteiger partial charge in [0.15, 0.2) is 11.5 Å². The molecular formula is C17H12BrClF3N3O4. The fraction of sp³-hybridized carbons (Fsp3) is 0.118. The molecule has 1 heterocycles. The molecule has 0 aliphatic carbocycles. The van der Waals surface area contributed by atoms with E-state index in [1.54, 1.807) is 12.1 Å². The number of hydrogen-bond donors (Lipinski definition) is 3. The normalized spacial score (nSPS) is 10.8. The van der Waals surface area contributed by atoms with Crippen molar-refractivity contribution in [1.82, 2.24) is 9.97 Å². The molecule has 0 amide bonds. The van der Waals surface area contributed by atoms with Crippen LogP contribution < -0.4 is 10.1 Å². The van der Waals surface area contributed by atoms with Crippen molar-refractivity contribution in [2.45, 2.75) is 6.18 Å². The summed E-state index contributed by atoms with van der Waals surface area (Å²) in [6.45, 7) is 0. The molecule has 3 N–H and O–H groups in total. The van der Waals surface area contributed by atoms with E-state index < -0.39 is 12.1 Å². The van der Waals surface area contributed by atoms with Crippen molar-refractivity contribution < 1.29 is 32.9 Å². The Kier molecular flexibility index (Phi) is 7.09. The van der Waals surface area contributed by atoms with E-state index in [1.807, 2.05) is 12.1 Å². The fourth-order valence-electron chi connectivity index (χ4n) is 2.05. The first-order valence-electron chi connectivity index (χ1n) is 7.56. The molecule has 0 saturated carbocycles. The fourth-order valence-corrected chi connectivity index (χ4v) is 2.47. The number of benzene rings is 2. The van der Waals surface area contributed by atoms with Crippen molar-refractivity contribution in [2.24, 2.45) is 0 Å². The lowest BCUT2D eigenvalue weighted by molar-refractivity contribution is -0.192. The number of aromatic nitrogens is 2. The molecule has 0 aliphatic heterocycles. The molecule has 29 heavy (non-hydrogen) atoms. The van der Waals surface area contributed by atoms with Crippen molar-refractivity contribution in [2.75, 3.05) is 12.4 Å². The Labute approximate surface area is 175 Å². The number of carbonyl (C=O) groups is 1. The summed E-state index contributed by atoms with van der Waals surface area (Å²) in [6, 6.07) is 8.74. The first-order valence-corrected chi connectivity index (χ1v) is 8.74. The number of methoxy groups -OCH3 is 1. The van der Waals surface area contributed by atoms with Gasteiger partial charge in [-0.1, -0.05) is 11.6 Å². The van der Waals surface area contributed by atoms with Crippen LogP contribution in [0, 0.1) is 0 Å². The molecule has 0 aliphatic rings. The molecule has 3 aromatic rings. The number of alkyl halides is 3. The second-order valence-corrected chi connectivity index (χ2v) is 6.58. The Hall–Kier alpha value is -2.79. The van der Waals surface area contributed by atoms with Gasteiger partial charge in [0.2, 0.25) is 0 Å². The molecule has 0 spiro atoms. The Balaban J connectivity index is 0.000000370. The number of fused-ring (bicyclic) bond motifs is 1. The minimum Gasteiger partial charge on any atom is -0.504 e. The van der Waals surface area contributed by atoms with Gasteiger partial charge in [0.1, 0.15) is 12.1 Å². The molecule has 0 atom stereocenters. The first-order chi connectivity index (χ1) is 13.5. The van der Waals surface area contributed by atoms with E-state index in [0.717, 1.165) is 15.5 Å². The number of aromatic hydroxyl groups is 1. The Bertz CT molecular complexity index is 1050. The SMILES string of the molecule is COc1cc2c(Nc3ccc(Br)c(Cl)c3)ncnc2cc1O.O=C(O)C(F)(F)F. The van der Waals surface area contributed by atoms with Crippen LogP contribution in [-0.4, -0.2) is 39.4 Å². The summed E-state index contributed by atoms with van der Waals surface area (Å²) in [6.07, 6.45) is -3.66. The van der Waals surface area contributed by atoms with Crippen LogP contribution in [0.3, 0.4) is 0 Å². The number of anilines is 2. The molecular weight excluding hydrogens is 483 g/mol. The highest BCUT2D eigenvalue weighted by atomic mass is 79.9. The lowest BCUT2D eigenvalue weighted by Crippen LogP contribution is -2.21. The molecule has 1 aromatic heterocycles. The van der Waals surface area contributed by atoms with Gasteiger partial charge >= 0.3 is 12.1 Å². The summed E-state index contributed by atoms with van der Waals surface area (Å²) in [7, 11) is 1.49. The maximum atomic E-state index is 10.6. The molecule has 154 valence electrons. The molecule has 0 saturated heterocycles. The second-order valence-electron chi connectivity index (χ2n) is 5.32. The lowest BCUT2D eigenvalue weighted by atomic mass is 10.2. The number of nitrogens with one attached hydrogen (secondary N) is 1. The van der Waals surface area contributed by atoms with Gasteiger partial charge in [-0.2, -0.15) is 13.2 Å². The molecule has 12 heteroatoms. The van der Waals surface area contributed by atoms with Crippen molar-refractivity contribution in [3.63, 3.8) is 0 Å². The highest BCUT2D eigenvalue weighted by Gasteiger charge is 2.38. The Morgan fingerprint density at radius 3 is 2.45 bits per heavy atom. The number of carboxylic acids is 1. The van der Waals surface area contributed by atoms with E-state index in [9.17, 15) is 18.3 Å². The monoisotopic (exact) mass is 493 g/mol. The topological polar surface area (TPSA) is 105 Å². The zero-order chi connectivity index (χ0) is 21.8. The molecule has 0 bridgehead atoms. The maximum Gasteiger partial charge on any atom is 0.490 e. The molecule has 0 unspecified atom stereocenters. The van der Waals surface area contributed by atoms with Gasteiger partial charge in [-0.15, -0.1) is 0 Å². The zero-order valence-corrected chi connectivity index (χ0v) is 16.8. The van der Waals surface area contributed by atoms with Crippen LogP contribution in [0.4, 0.5) is 24.7 Å². The van der Waals surface area contributed by atoms with Crippen molar-refractivity contribution in [3.05, 3.63) is 46.2 Å². The molecule has 3 rings (SSSR count). The van der Waals surface area contributed by atoms with Crippen LogP contribution in [-0.2, 0) is 4.79 Å². The minimum absolute atomic E-state index is 0.0336. The zero-order valence-electron chi connectivity index (χ0n) is 14.5. The standard InChI is InChI=1S/C15H11BrClN3O2.C2HF3O2/c1-22-14-5-9-12(6-13(14)21)18-7-19-15(9)20-8-2-3-10(16)11(17)4-8;3-2(4,5)1(6)7/h2-7,21H,1H3,(H,18,19,20);(H,6,7). The predicted octanol–water partition coefficient (Wildman–Crippen LogP) is 5.14. The number of hydrogen-bond acceptors (Lipinski definition) is 6. The van der Waals surface area contributed by atoms with E-state index in [4.69, 9.17) is 26.2 Å². The van der Waals surface area contributed by atoms with Crippen LogP contribution in [0.5, 0.6) is 11.5 Å². The van der Waals surface area contributed by atoms with E-state index in [2.05, 4.69) is 31.2 Å². The van der Waals surface area contributed by atoms with Gasteiger partial charge < -0.3 is 20.3 Å². The Morgan fingerprint density at radius 1 is 1.24 bits per heavy atom. The summed E-state index contributed by atoms with van der Waals surface area (Å²) in [5, 5.41) is 21.5. The van der Waals surface area contributed by atoms with E-state index in [1.165, 1.54) is 19.5 Å². The number of rotatable bonds is 3. The van der Waals surface area contributed by atoms with Crippen LogP contribution in [0.1, 0.15) is 0 Å². The highest BCUT2D eigenvalue weighted by Crippen LogP contribution is 2.34. The van der Waals surface area contributed by atoms with Crippen LogP contribution >= 0.6 is 27.5 Å². The molecule has 7 nitrogen and oxygen atoms in total. The third kappa shape index (κ3) is 5.84. The van der Waals surface area contributed by atoms with E-state index in [-0.39, 0.29) is 5.75 Å². The van der Waals surface area contributed by atoms with Crippen LogP contribution in [0.2, 0.25) is 5.02 Å². The van der Waals surface area contributed by atoms with Crippen molar-refractivity contribution in [1.29, 1.82) is 0 Å².